The molecule has 0 fully saturated rings. The Morgan fingerprint density at radius 1 is 1.00 bits per heavy atom. The van der Waals surface area contributed by atoms with E-state index in [2.05, 4.69) is 16.0 Å². The maximum atomic E-state index is 12.4. The Balaban J connectivity index is 2.61. The second kappa shape index (κ2) is 12.5. The van der Waals surface area contributed by atoms with Gasteiger partial charge in [0.05, 0.1) is 6.61 Å². The first-order chi connectivity index (χ1) is 14.6. The summed E-state index contributed by atoms with van der Waals surface area (Å²) in [5, 5.41) is 16.5. The van der Waals surface area contributed by atoms with Crippen LogP contribution in [0.4, 0.5) is 4.79 Å². The number of benzene rings is 1. The minimum absolute atomic E-state index is 0.0242. The lowest BCUT2D eigenvalue weighted by atomic mass is 10.1. The van der Waals surface area contributed by atoms with E-state index < -0.39 is 48.2 Å². The molecule has 10 heteroatoms. The van der Waals surface area contributed by atoms with Gasteiger partial charge in [0.15, 0.2) is 0 Å². The smallest absolute Gasteiger partial charge is 0.408 e. The lowest BCUT2D eigenvalue weighted by molar-refractivity contribution is -0.145. The van der Waals surface area contributed by atoms with Gasteiger partial charge in [0.25, 0.3) is 0 Å². The van der Waals surface area contributed by atoms with Crippen molar-refractivity contribution in [1.82, 2.24) is 16.0 Å². The lowest BCUT2D eigenvalue weighted by Gasteiger charge is -2.24. The molecule has 1 rings (SSSR count). The zero-order valence-electron chi connectivity index (χ0n) is 18.3. The molecule has 1 aromatic carbocycles. The van der Waals surface area contributed by atoms with Crippen LogP contribution in [0.15, 0.2) is 30.3 Å². The van der Waals surface area contributed by atoms with Crippen LogP contribution >= 0.6 is 0 Å². The van der Waals surface area contributed by atoms with Gasteiger partial charge in [0.2, 0.25) is 11.8 Å². The van der Waals surface area contributed by atoms with E-state index >= 15 is 0 Å². The first-order valence-electron chi connectivity index (χ1n) is 9.87. The highest BCUT2D eigenvalue weighted by Gasteiger charge is 2.28. The molecule has 0 aliphatic rings. The molecule has 0 aliphatic carbocycles. The number of alkyl carbamates (subject to hydrolysis) is 1. The number of aliphatic hydroxyl groups excluding tert-OH is 1. The number of likely N-dealkylation sites (N-methyl/N-ethyl adjacent to an activating group) is 1. The van der Waals surface area contributed by atoms with Gasteiger partial charge in [-0.1, -0.05) is 30.3 Å². The van der Waals surface area contributed by atoms with Crippen molar-refractivity contribution < 1.29 is 33.8 Å². The second-order valence-corrected chi connectivity index (χ2v) is 7.74. The molecular weight excluding hydrogens is 406 g/mol. The Bertz CT molecular complexity index is 747. The van der Waals surface area contributed by atoms with Gasteiger partial charge in [0, 0.05) is 13.5 Å². The molecule has 4 N–H and O–H groups in total. The Morgan fingerprint density at radius 2 is 1.65 bits per heavy atom. The number of aliphatic hydroxyl groups is 1. The highest BCUT2D eigenvalue weighted by atomic mass is 16.6. The summed E-state index contributed by atoms with van der Waals surface area (Å²) in [6.07, 6.45) is -1.03. The van der Waals surface area contributed by atoms with E-state index in [4.69, 9.17) is 9.47 Å². The number of ether oxygens (including phenoxy) is 2. The number of carbonyl (C=O) groups is 4. The maximum Gasteiger partial charge on any atom is 0.408 e. The molecule has 0 heterocycles. The van der Waals surface area contributed by atoms with E-state index in [1.165, 1.54) is 7.05 Å². The number of hydrogen-bond acceptors (Lipinski definition) is 7. The number of esters is 1. The minimum atomic E-state index is -1.33. The van der Waals surface area contributed by atoms with Crippen molar-refractivity contribution in [3.05, 3.63) is 35.9 Å². The third kappa shape index (κ3) is 10.4. The van der Waals surface area contributed by atoms with Crippen LogP contribution in [-0.4, -0.2) is 60.3 Å². The number of rotatable bonds is 10. The van der Waals surface area contributed by atoms with Gasteiger partial charge in [-0.2, -0.15) is 0 Å². The van der Waals surface area contributed by atoms with Crippen molar-refractivity contribution in [1.29, 1.82) is 0 Å². The van der Waals surface area contributed by atoms with Gasteiger partial charge >= 0.3 is 12.1 Å². The predicted molar refractivity (Wildman–Crippen MR) is 112 cm³/mol. The topological polar surface area (TPSA) is 143 Å². The normalized spacial score (nSPS) is 12.8. The molecule has 0 saturated carbocycles. The van der Waals surface area contributed by atoms with E-state index in [0.717, 1.165) is 5.56 Å². The lowest BCUT2D eigenvalue weighted by Crippen LogP contribution is -2.55. The number of amides is 3. The summed E-state index contributed by atoms with van der Waals surface area (Å²) in [4.78, 5) is 48.4. The van der Waals surface area contributed by atoms with Gasteiger partial charge in [-0.15, -0.1) is 0 Å². The zero-order valence-corrected chi connectivity index (χ0v) is 18.3. The van der Waals surface area contributed by atoms with Crippen molar-refractivity contribution >= 4 is 23.9 Å². The van der Waals surface area contributed by atoms with Gasteiger partial charge < -0.3 is 30.5 Å². The second-order valence-electron chi connectivity index (χ2n) is 7.74. The standard InChI is InChI=1S/C21H31N3O7/c1-21(2,3)31-20(29)24-16(12-25)19(28)23-15(18(27)22-4)10-11-17(26)30-13-14-8-6-5-7-9-14/h5-9,15-16,25H,10-13H2,1-4H3,(H,22,27)(H,23,28)(H,24,29)/t15-,16-/m1/s1. The summed E-state index contributed by atoms with van der Waals surface area (Å²) in [5.41, 5.74) is 0.0386. The fourth-order valence-corrected chi connectivity index (χ4v) is 2.43. The third-order valence-electron chi connectivity index (χ3n) is 3.95. The van der Waals surface area contributed by atoms with E-state index in [0.29, 0.717) is 0 Å². The monoisotopic (exact) mass is 437 g/mol. The van der Waals surface area contributed by atoms with Crippen molar-refractivity contribution in [3.8, 4) is 0 Å². The molecule has 10 nitrogen and oxygen atoms in total. The molecule has 1 aromatic rings. The molecule has 0 saturated heterocycles. The van der Waals surface area contributed by atoms with E-state index in [1.807, 2.05) is 30.3 Å². The van der Waals surface area contributed by atoms with Crippen LogP contribution in [-0.2, 0) is 30.5 Å². The van der Waals surface area contributed by atoms with Crippen molar-refractivity contribution in [2.75, 3.05) is 13.7 Å². The Kier molecular flexibility index (Phi) is 10.5. The highest BCUT2D eigenvalue weighted by Crippen LogP contribution is 2.08. The Hall–Kier alpha value is -3.14. The van der Waals surface area contributed by atoms with Gasteiger partial charge in [-0.05, 0) is 32.8 Å². The molecule has 3 amide bonds. The fourth-order valence-electron chi connectivity index (χ4n) is 2.43. The van der Waals surface area contributed by atoms with E-state index in [1.54, 1.807) is 20.8 Å². The first-order valence-corrected chi connectivity index (χ1v) is 9.87. The van der Waals surface area contributed by atoms with Crippen LogP contribution in [0, 0.1) is 0 Å². The maximum absolute atomic E-state index is 12.4. The number of nitrogens with one attached hydrogen (secondary N) is 3. The summed E-state index contributed by atoms with van der Waals surface area (Å²) in [5.74, 6) is -1.85. The minimum Gasteiger partial charge on any atom is -0.461 e. The van der Waals surface area contributed by atoms with Crippen molar-refractivity contribution in [3.63, 3.8) is 0 Å². The van der Waals surface area contributed by atoms with Gasteiger partial charge in [0.1, 0.15) is 24.3 Å². The highest BCUT2D eigenvalue weighted by molar-refractivity contribution is 5.91. The molecule has 172 valence electrons. The van der Waals surface area contributed by atoms with Crippen LogP contribution in [0.3, 0.4) is 0 Å². The predicted octanol–water partition coefficient (Wildman–Crippen LogP) is 0.626. The Labute approximate surface area is 181 Å². The SMILES string of the molecule is CNC(=O)[C@@H](CCC(=O)OCc1ccccc1)NC(=O)[C@@H](CO)NC(=O)OC(C)(C)C. The van der Waals surface area contributed by atoms with Crippen LogP contribution in [0.5, 0.6) is 0 Å². The van der Waals surface area contributed by atoms with Crippen molar-refractivity contribution in [2.24, 2.45) is 0 Å². The van der Waals surface area contributed by atoms with E-state index in [-0.39, 0.29) is 19.4 Å². The molecule has 0 bridgehead atoms. The molecule has 0 aliphatic heterocycles. The first kappa shape index (κ1) is 25.9. The summed E-state index contributed by atoms with van der Waals surface area (Å²) in [6.45, 7) is 4.35. The fraction of sp³-hybridized carbons (Fsp3) is 0.524. The number of carbonyl (C=O) groups excluding carboxylic acids is 4. The zero-order chi connectivity index (χ0) is 23.4. The van der Waals surface area contributed by atoms with Gasteiger partial charge in [-0.25, -0.2) is 4.79 Å². The molecule has 2 atom stereocenters. The average molecular weight is 437 g/mol. The van der Waals surface area contributed by atoms with Gasteiger partial charge in [-0.3, -0.25) is 14.4 Å². The van der Waals surface area contributed by atoms with Crippen molar-refractivity contribution in [2.45, 2.75) is 57.9 Å². The molecule has 31 heavy (non-hydrogen) atoms. The molecular formula is C21H31N3O7. The van der Waals surface area contributed by atoms with Crippen LogP contribution < -0.4 is 16.0 Å². The molecule has 0 spiro atoms. The quantitative estimate of drug-likeness (QED) is 0.393. The van der Waals surface area contributed by atoms with Crippen LogP contribution in [0.25, 0.3) is 0 Å². The van der Waals surface area contributed by atoms with Crippen LogP contribution in [0.1, 0.15) is 39.2 Å². The third-order valence-corrected chi connectivity index (χ3v) is 3.95. The summed E-state index contributed by atoms with van der Waals surface area (Å²) < 4.78 is 10.2. The van der Waals surface area contributed by atoms with E-state index in [9.17, 15) is 24.3 Å². The summed E-state index contributed by atoms with van der Waals surface area (Å²) >= 11 is 0. The molecule has 0 aromatic heterocycles. The summed E-state index contributed by atoms with van der Waals surface area (Å²) in [6, 6.07) is 6.73. The molecule has 0 unspecified atom stereocenters. The molecule has 0 radical (unpaired) electrons. The average Bonchev–Trinajstić information content (AvgIpc) is 2.72. The largest absolute Gasteiger partial charge is 0.461 e. The number of hydrogen-bond donors (Lipinski definition) is 4. The Morgan fingerprint density at radius 3 is 2.19 bits per heavy atom. The van der Waals surface area contributed by atoms with Crippen LogP contribution in [0.2, 0.25) is 0 Å². The summed E-state index contributed by atoms with van der Waals surface area (Å²) in [7, 11) is 1.39.